The quantitative estimate of drug-likeness (QED) is 0.288. The first-order valence-corrected chi connectivity index (χ1v) is 13.5. The van der Waals surface area contributed by atoms with Gasteiger partial charge >= 0.3 is 0 Å². The van der Waals surface area contributed by atoms with Crippen LogP contribution in [0.5, 0.6) is 11.5 Å². The van der Waals surface area contributed by atoms with Crippen molar-refractivity contribution in [3.8, 4) is 11.5 Å². The summed E-state index contributed by atoms with van der Waals surface area (Å²) in [6.45, 7) is 2.72. The van der Waals surface area contributed by atoms with Crippen molar-refractivity contribution in [3.05, 3.63) is 57.6 Å². The van der Waals surface area contributed by atoms with Crippen molar-refractivity contribution in [1.29, 1.82) is 0 Å². The Bertz CT molecular complexity index is 1200. The molecule has 1 atom stereocenters. The maximum atomic E-state index is 12.9. The van der Waals surface area contributed by atoms with Crippen LogP contribution in [0.2, 0.25) is 10.0 Å². The monoisotopic (exact) mass is 577 g/mol. The third-order valence-corrected chi connectivity index (χ3v) is 7.15. The average molecular weight is 579 g/mol. The van der Waals surface area contributed by atoms with Gasteiger partial charge in [-0.3, -0.25) is 31.0 Å². The molecule has 0 spiro atoms. The molecule has 2 aliphatic heterocycles. The van der Waals surface area contributed by atoms with E-state index in [0.29, 0.717) is 58.6 Å². The van der Waals surface area contributed by atoms with Gasteiger partial charge < -0.3 is 14.8 Å². The number of carbonyl (C=O) groups excluding carboxylic acids is 2. The highest BCUT2D eigenvalue weighted by Crippen LogP contribution is 2.29. The molecule has 1 saturated heterocycles. The number of hydrogen-bond acceptors (Lipinski definition) is 9. The highest BCUT2D eigenvalue weighted by atomic mass is 35.5. The van der Waals surface area contributed by atoms with Crippen LogP contribution in [0.15, 0.2) is 41.4 Å². The van der Waals surface area contributed by atoms with Crippen LogP contribution in [0, 0.1) is 5.92 Å². The lowest BCUT2D eigenvalue weighted by Gasteiger charge is -2.31. The molecule has 39 heavy (non-hydrogen) atoms. The molecule has 2 heterocycles. The van der Waals surface area contributed by atoms with Crippen LogP contribution in [0.1, 0.15) is 28.8 Å². The van der Waals surface area contributed by atoms with Gasteiger partial charge in [0.2, 0.25) is 11.9 Å². The van der Waals surface area contributed by atoms with Gasteiger partial charge in [0.15, 0.2) is 17.8 Å². The van der Waals surface area contributed by atoms with E-state index in [1.54, 1.807) is 37.4 Å². The number of rotatable bonds is 10. The zero-order chi connectivity index (χ0) is 27.8. The summed E-state index contributed by atoms with van der Waals surface area (Å²) in [6.07, 6.45) is 1.77. The average Bonchev–Trinajstić information content (AvgIpc) is 3.33. The second-order valence-corrected chi connectivity index (χ2v) is 10.2. The molecule has 0 saturated carbocycles. The molecule has 6 N–H and O–H groups in total. The number of nitrogens with zero attached hydrogens (tertiary/aromatic N) is 2. The predicted octanol–water partition coefficient (Wildman–Crippen LogP) is 1.89. The van der Waals surface area contributed by atoms with Crippen molar-refractivity contribution in [1.82, 2.24) is 26.4 Å². The first-order chi connectivity index (χ1) is 18.8. The van der Waals surface area contributed by atoms with E-state index in [4.69, 9.17) is 38.4 Å². The summed E-state index contributed by atoms with van der Waals surface area (Å²) < 4.78 is 11.3. The molecule has 0 aromatic heterocycles. The molecule has 0 bridgehead atoms. The number of benzene rings is 2. The third kappa shape index (κ3) is 8.45. The summed E-state index contributed by atoms with van der Waals surface area (Å²) >= 11 is 12.2. The van der Waals surface area contributed by atoms with Gasteiger partial charge in [-0.1, -0.05) is 29.3 Å². The van der Waals surface area contributed by atoms with Crippen molar-refractivity contribution in [2.45, 2.75) is 25.6 Å². The van der Waals surface area contributed by atoms with Crippen LogP contribution < -0.4 is 36.7 Å². The van der Waals surface area contributed by atoms with Crippen LogP contribution in [0.25, 0.3) is 0 Å². The normalized spacial score (nSPS) is 17.7. The molecule has 2 aliphatic rings. The Morgan fingerprint density at radius 2 is 1.95 bits per heavy atom. The minimum absolute atomic E-state index is 0.155. The molecule has 4 rings (SSSR count). The molecule has 0 radical (unpaired) electrons. The Morgan fingerprint density at radius 3 is 2.64 bits per heavy atom. The van der Waals surface area contributed by atoms with Gasteiger partial charge in [0, 0.05) is 28.6 Å². The number of carbonyl (C=O) groups is 2. The lowest BCUT2D eigenvalue weighted by atomic mass is 9.96. The number of methoxy groups -OCH3 is 1. The zero-order valence-corrected chi connectivity index (χ0v) is 23.1. The van der Waals surface area contributed by atoms with Crippen molar-refractivity contribution >= 4 is 41.0 Å². The van der Waals surface area contributed by atoms with Crippen molar-refractivity contribution < 1.29 is 19.1 Å². The first-order valence-electron chi connectivity index (χ1n) is 12.7. The first kappa shape index (κ1) is 28.9. The van der Waals surface area contributed by atoms with Crippen LogP contribution in [0.4, 0.5) is 0 Å². The molecule has 0 aliphatic carbocycles. The van der Waals surface area contributed by atoms with Crippen molar-refractivity contribution in [3.63, 3.8) is 0 Å². The molecule has 1 unspecified atom stereocenters. The molecule has 2 aromatic carbocycles. The summed E-state index contributed by atoms with van der Waals surface area (Å²) in [5.74, 6) is 1.34. The number of halogens is 2. The second kappa shape index (κ2) is 13.8. The SMILES string of the molecule is COc1ccc(C(=O)NCC2CCN(CC(=O)NC3=NC(N)NN3)CC2)cc1OCCc1ccc(Cl)cc1Cl. The van der Waals surface area contributed by atoms with E-state index in [1.165, 1.54) is 0 Å². The van der Waals surface area contributed by atoms with Gasteiger partial charge in [-0.25, -0.2) is 4.99 Å². The van der Waals surface area contributed by atoms with Gasteiger partial charge in [0.05, 0.1) is 20.3 Å². The van der Waals surface area contributed by atoms with Gasteiger partial charge in [0.1, 0.15) is 0 Å². The van der Waals surface area contributed by atoms with Gasteiger partial charge in [-0.15, -0.1) is 0 Å². The molecule has 210 valence electrons. The molecule has 11 nitrogen and oxygen atoms in total. The highest BCUT2D eigenvalue weighted by Gasteiger charge is 2.23. The van der Waals surface area contributed by atoms with E-state index in [0.717, 1.165) is 31.5 Å². The maximum Gasteiger partial charge on any atom is 0.251 e. The molecule has 2 aromatic rings. The van der Waals surface area contributed by atoms with Crippen molar-refractivity contribution in [2.24, 2.45) is 16.6 Å². The Labute approximate surface area is 237 Å². The number of hydrogen-bond donors (Lipinski definition) is 5. The standard InChI is InChI=1S/C26H33Cl2N7O4/c1-38-21-5-3-18(12-22(21)39-11-8-17-2-4-19(27)13-20(17)28)24(37)30-14-16-6-9-35(10-7-16)15-23(36)31-26-32-25(29)33-34-26/h2-5,12-13,16,25,33H,6-11,14-15,29H2,1H3,(H,30,37)(H2,31,32,34,36). The van der Waals surface area contributed by atoms with E-state index >= 15 is 0 Å². The number of likely N-dealkylation sites (tertiary alicyclic amines) is 1. The highest BCUT2D eigenvalue weighted by molar-refractivity contribution is 6.35. The fourth-order valence-electron chi connectivity index (χ4n) is 4.40. The number of aliphatic imine (C=N–C) groups is 1. The van der Waals surface area contributed by atoms with E-state index in [1.807, 2.05) is 6.07 Å². The Kier molecular flexibility index (Phi) is 10.2. The Morgan fingerprint density at radius 1 is 1.15 bits per heavy atom. The largest absolute Gasteiger partial charge is 0.493 e. The van der Waals surface area contributed by atoms with E-state index in [-0.39, 0.29) is 18.4 Å². The summed E-state index contributed by atoms with van der Waals surface area (Å²) in [4.78, 5) is 31.2. The number of amides is 2. The fraction of sp³-hybridized carbons (Fsp3) is 0.423. The molecular weight excluding hydrogens is 545 g/mol. The van der Waals surface area contributed by atoms with E-state index in [2.05, 4.69) is 31.4 Å². The van der Waals surface area contributed by atoms with Crippen LogP contribution in [-0.2, 0) is 11.2 Å². The summed E-state index contributed by atoms with van der Waals surface area (Å²) in [5.41, 5.74) is 12.4. The zero-order valence-electron chi connectivity index (χ0n) is 21.6. The minimum atomic E-state index is -0.567. The number of hydrazine groups is 1. The van der Waals surface area contributed by atoms with Gasteiger partial charge in [0.25, 0.3) is 5.91 Å². The third-order valence-electron chi connectivity index (χ3n) is 6.56. The van der Waals surface area contributed by atoms with E-state index in [9.17, 15) is 9.59 Å². The number of piperidine rings is 1. The van der Waals surface area contributed by atoms with Crippen LogP contribution >= 0.6 is 23.2 Å². The molecule has 13 heteroatoms. The van der Waals surface area contributed by atoms with E-state index < -0.39 is 6.29 Å². The Hall–Kier alpha value is -3.09. The number of nitrogens with one attached hydrogen (secondary N) is 4. The lowest BCUT2D eigenvalue weighted by molar-refractivity contribution is -0.121. The molecule has 1 fully saturated rings. The Balaban J connectivity index is 1.21. The number of ether oxygens (including phenoxy) is 2. The summed E-state index contributed by atoms with van der Waals surface area (Å²) in [6, 6.07) is 10.5. The number of guanidine groups is 1. The van der Waals surface area contributed by atoms with Crippen LogP contribution in [0.3, 0.4) is 0 Å². The van der Waals surface area contributed by atoms with Gasteiger partial charge in [-0.2, -0.15) is 5.43 Å². The topological polar surface area (TPSA) is 142 Å². The predicted molar refractivity (Wildman–Crippen MR) is 150 cm³/mol. The second-order valence-electron chi connectivity index (χ2n) is 9.37. The van der Waals surface area contributed by atoms with Crippen LogP contribution in [-0.4, -0.2) is 68.9 Å². The summed E-state index contributed by atoms with van der Waals surface area (Å²) in [5, 5.41) is 6.88. The molecule has 2 amide bonds. The lowest BCUT2D eigenvalue weighted by Crippen LogP contribution is -2.48. The van der Waals surface area contributed by atoms with Gasteiger partial charge in [-0.05, 0) is 67.7 Å². The maximum absolute atomic E-state index is 12.9. The fourth-order valence-corrected chi connectivity index (χ4v) is 4.90. The minimum Gasteiger partial charge on any atom is -0.493 e. The number of nitrogens with two attached hydrogens (primary N) is 1. The smallest absolute Gasteiger partial charge is 0.251 e. The summed E-state index contributed by atoms with van der Waals surface area (Å²) in [7, 11) is 1.56. The molecular formula is C26H33Cl2N7O4. The van der Waals surface area contributed by atoms with Crippen molar-refractivity contribution in [2.75, 3.05) is 39.9 Å².